The van der Waals surface area contributed by atoms with E-state index in [1.54, 1.807) is 6.20 Å². The number of nitrogen functional groups attached to an aromatic ring is 1. The zero-order chi connectivity index (χ0) is 9.68. The molecule has 0 spiro atoms. The highest BCUT2D eigenvalue weighted by molar-refractivity contribution is 5.37. The van der Waals surface area contributed by atoms with Crippen molar-refractivity contribution in [1.82, 2.24) is 9.88 Å². The average Bonchev–Trinajstić information content (AvgIpc) is 2.14. The minimum Gasteiger partial charge on any atom is -0.399 e. The molecule has 0 radical (unpaired) electrons. The van der Waals surface area contributed by atoms with Crippen molar-refractivity contribution in [3.05, 3.63) is 24.0 Å². The van der Waals surface area contributed by atoms with Crippen LogP contribution in [0.5, 0.6) is 0 Å². The Balaban J connectivity index is 2.62. The van der Waals surface area contributed by atoms with E-state index in [0.29, 0.717) is 0 Å². The van der Waals surface area contributed by atoms with Crippen molar-refractivity contribution in [1.29, 1.82) is 0 Å². The van der Waals surface area contributed by atoms with Crippen molar-refractivity contribution in [3.8, 4) is 0 Å². The van der Waals surface area contributed by atoms with Gasteiger partial charge in [-0.3, -0.25) is 9.88 Å². The van der Waals surface area contributed by atoms with E-state index in [4.69, 9.17) is 5.73 Å². The Morgan fingerprint density at radius 3 is 2.62 bits per heavy atom. The molecule has 0 bridgehead atoms. The molecular formula is C10H17N3. The lowest BCUT2D eigenvalue weighted by molar-refractivity contribution is 0.292. The number of anilines is 1. The lowest BCUT2D eigenvalue weighted by atomic mass is 10.3. The molecule has 0 atom stereocenters. The summed E-state index contributed by atoms with van der Waals surface area (Å²) in [5.41, 5.74) is 7.49. The summed E-state index contributed by atoms with van der Waals surface area (Å²) in [6.45, 7) is 7.28. The Kier molecular flexibility index (Phi) is 3.71. The summed E-state index contributed by atoms with van der Waals surface area (Å²) >= 11 is 0. The number of rotatable bonds is 4. The Bertz CT molecular complexity index is 256. The largest absolute Gasteiger partial charge is 0.399 e. The molecule has 0 aliphatic heterocycles. The van der Waals surface area contributed by atoms with Gasteiger partial charge in [0.1, 0.15) is 0 Å². The van der Waals surface area contributed by atoms with Crippen LogP contribution in [0.2, 0.25) is 0 Å². The highest BCUT2D eigenvalue weighted by atomic mass is 15.1. The van der Waals surface area contributed by atoms with Gasteiger partial charge in [0.2, 0.25) is 0 Å². The van der Waals surface area contributed by atoms with Gasteiger partial charge in [-0.05, 0) is 25.2 Å². The Hall–Kier alpha value is -1.09. The molecular weight excluding hydrogens is 162 g/mol. The number of hydrogen-bond donors (Lipinski definition) is 1. The predicted octanol–water partition coefficient (Wildman–Crippen LogP) is 1.51. The summed E-state index contributed by atoms with van der Waals surface area (Å²) in [5, 5.41) is 0. The SMILES string of the molecule is CCN(CC)Cc1cc(N)ccn1. The molecule has 0 saturated carbocycles. The van der Waals surface area contributed by atoms with Crippen LogP contribution in [0.1, 0.15) is 19.5 Å². The maximum atomic E-state index is 5.66. The van der Waals surface area contributed by atoms with Crippen LogP contribution in [0.15, 0.2) is 18.3 Å². The van der Waals surface area contributed by atoms with Crippen LogP contribution in [0.4, 0.5) is 5.69 Å². The van der Waals surface area contributed by atoms with Gasteiger partial charge < -0.3 is 5.73 Å². The fourth-order valence-electron chi connectivity index (χ4n) is 1.26. The number of hydrogen-bond acceptors (Lipinski definition) is 3. The summed E-state index contributed by atoms with van der Waals surface area (Å²) < 4.78 is 0. The number of nitrogens with two attached hydrogens (primary N) is 1. The van der Waals surface area contributed by atoms with Crippen molar-refractivity contribution in [2.24, 2.45) is 0 Å². The lowest BCUT2D eigenvalue weighted by Gasteiger charge is -2.17. The summed E-state index contributed by atoms with van der Waals surface area (Å²) in [7, 11) is 0. The van der Waals surface area contributed by atoms with E-state index in [2.05, 4.69) is 23.7 Å². The number of nitrogens with zero attached hydrogens (tertiary/aromatic N) is 2. The highest BCUT2D eigenvalue weighted by Gasteiger charge is 2.01. The molecule has 2 N–H and O–H groups in total. The second-order valence-electron chi connectivity index (χ2n) is 3.04. The van der Waals surface area contributed by atoms with Gasteiger partial charge in [0.15, 0.2) is 0 Å². The van der Waals surface area contributed by atoms with Gasteiger partial charge in [-0.25, -0.2) is 0 Å². The highest BCUT2D eigenvalue weighted by Crippen LogP contribution is 2.05. The molecule has 0 aliphatic rings. The van der Waals surface area contributed by atoms with Crippen molar-refractivity contribution in [2.45, 2.75) is 20.4 Å². The van der Waals surface area contributed by atoms with Crippen LogP contribution in [-0.2, 0) is 6.54 Å². The fourth-order valence-corrected chi connectivity index (χ4v) is 1.26. The van der Waals surface area contributed by atoms with Gasteiger partial charge in [-0.15, -0.1) is 0 Å². The zero-order valence-electron chi connectivity index (χ0n) is 8.33. The Morgan fingerprint density at radius 2 is 2.08 bits per heavy atom. The molecule has 13 heavy (non-hydrogen) atoms. The maximum Gasteiger partial charge on any atom is 0.0564 e. The van der Waals surface area contributed by atoms with Crippen LogP contribution in [0.25, 0.3) is 0 Å². The molecule has 0 aliphatic carbocycles. The molecule has 0 amide bonds. The summed E-state index contributed by atoms with van der Waals surface area (Å²) in [6.07, 6.45) is 1.76. The predicted molar refractivity (Wildman–Crippen MR) is 55.3 cm³/mol. The van der Waals surface area contributed by atoms with E-state index >= 15 is 0 Å². The first kappa shape index (κ1) is 9.99. The molecule has 1 aromatic heterocycles. The van der Waals surface area contributed by atoms with Crippen molar-refractivity contribution in [2.75, 3.05) is 18.8 Å². The van der Waals surface area contributed by atoms with Gasteiger partial charge >= 0.3 is 0 Å². The van der Waals surface area contributed by atoms with E-state index < -0.39 is 0 Å². The quantitative estimate of drug-likeness (QED) is 0.761. The molecule has 0 fully saturated rings. The molecule has 0 saturated heterocycles. The molecule has 1 aromatic rings. The second-order valence-corrected chi connectivity index (χ2v) is 3.04. The summed E-state index contributed by atoms with van der Waals surface area (Å²) in [6, 6.07) is 3.74. The topological polar surface area (TPSA) is 42.1 Å². The molecule has 0 unspecified atom stereocenters. The van der Waals surface area contributed by atoms with Crippen LogP contribution < -0.4 is 5.73 Å². The smallest absolute Gasteiger partial charge is 0.0564 e. The van der Waals surface area contributed by atoms with Crippen LogP contribution >= 0.6 is 0 Å². The third kappa shape index (κ3) is 3.03. The van der Waals surface area contributed by atoms with Gasteiger partial charge in [-0.1, -0.05) is 13.8 Å². The molecule has 1 rings (SSSR count). The first-order chi connectivity index (χ1) is 6.26. The molecule has 1 heterocycles. The summed E-state index contributed by atoms with van der Waals surface area (Å²) in [4.78, 5) is 6.56. The standard InChI is InChI=1S/C10H17N3/c1-3-13(4-2)8-10-7-9(11)5-6-12-10/h5-7H,3-4,8H2,1-2H3,(H2,11,12). The first-order valence-electron chi connectivity index (χ1n) is 4.69. The normalized spacial score (nSPS) is 10.7. The van der Waals surface area contributed by atoms with Crippen LogP contribution in [0, 0.1) is 0 Å². The Labute approximate surface area is 79.6 Å². The fraction of sp³-hybridized carbons (Fsp3) is 0.500. The van der Waals surface area contributed by atoms with Gasteiger partial charge in [0, 0.05) is 18.4 Å². The van der Waals surface area contributed by atoms with E-state index in [1.165, 1.54) is 0 Å². The number of pyridine rings is 1. The van der Waals surface area contributed by atoms with Gasteiger partial charge in [-0.2, -0.15) is 0 Å². The second kappa shape index (κ2) is 4.82. The molecule has 72 valence electrons. The van der Waals surface area contributed by atoms with Crippen molar-refractivity contribution < 1.29 is 0 Å². The Morgan fingerprint density at radius 1 is 1.38 bits per heavy atom. The third-order valence-electron chi connectivity index (χ3n) is 2.12. The van der Waals surface area contributed by atoms with Gasteiger partial charge in [0.25, 0.3) is 0 Å². The molecule has 3 heteroatoms. The average molecular weight is 179 g/mol. The number of aromatic nitrogens is 1. The van der Waals surface area contributed by atoms with Crippen molar-refractivity contribution >= 4 is 5.69 Å². The van der Waals surface area contributed by atoms with E-state index in [-0.39, 0.29) is 0 Å². The molecule has 3 nitrogen and oxygen atoms in total. The first-order valence-corrected chi connectivity index (χ1v) is 4.69. The van der Waals surface area contributed by atoms with Crippen LogP contribution in [0.3, 0.4) is 0 Å². The third-order valence-corrected chi connectivity index (χ3v) is 2.12. The van der Waals surface area contributed by atoms with E-state index in [0.717, 1.165) is 31.0 Å². The van der Waals surface area contributed by atoms with E-state index in [1.807, 2.05) is 12.1 Å². The minimum atomic E-state index is 0.789. The minimum absolute atomic E-state index is 0.789. The van der Waals surface area contributed by atoms with E-state index in [9.17, 15) is 0 Å². The van der Waals surface area contributed by atoms with Gasteiger partial charge in [0.05, 0.1) is 5.69 Å². The maximum absolute atomic E-state index is 5.66. The van der Waals surface area contributed by atoms with Crippen molar-refractivity contribution in [3.63, 3.8) is 0 Å². The molecule has 0 aromatic carbocycles. The lowest BCUT2D eigenvalue weighted by Crippen LogP contribution is -2.22. The monoisotopic (exact) mass is 179 g/mol. The van der Waals surface area contributed by atoms with Crippen LogP contribution in [-0.4, -0.2) is 23.0 Å². The summed E-state index contributed by atoms with van der Waals surface area (Å²) in [5.74, 6) is 0. The zero-order valence-corrected chi connectivity index (χ0v) is 8.33.